The van der Waals surface area contributed by atoms with Crippen molar-refractivity contribution in [1.82, 2.24) is 44.1 Å². The zero-order chi connectivity index (χ0) is 94.9. The van der Waals surface area contributed by atoms with Crippen molar-refractivity contribution in [2.24, 2.45) is 5.92 Å². The van der Waals surface area contributed by atoms with Crippen molar-refractivity contribution in [3.05, 3.63) is 30.3 Å². The van der Waals surface area contributed by atoms with Crippen molar-refractivity contribution in [2.45, 2.75) is 207 Å². The first-order valence-corrected chi connectivity index (χ1v) is 71.0. The van der Waals surface area contributed by atoms with Crippen LogP contribution in [0.3, 0.4) is 0 Å². The standard InChI is InChI=1S/C14H29NO3Si.C12H17NO3Si.2C10H21NO3Si.C9H17NO4Si.2C9H19NO3Si.C8H17NO3Si.C8H17NO2Si/c1-2-3-4-5-6-7-12-19-14-16-13-15(8-10-17-19)9-11-18-19;1-2-4-12(5-3-1)17-11-14-10-13(6-8-15-17)7-9-16-17;1-10(2)7-15-9-12-8-11(3-5-13-15)4-6-14-15;1-3-10-9-11-5-7-12-15(4-2,14-10)13-8-6-11;1-8(11)9-7-14-15(2)12-5-3-10(9)4-6-13-15;1-3-14-11-6-4-10(5-7-12-14)8-9(2)13-14;1-2-7-14-9-11-8-10(3-5-12-14)4-6-13-14;1-8-7-9-3-5-10-13(2,12-8)11-6-4-9;1-12-8-2-3-9(4-6-10-12)5-7-11-12/h2-14H2,1H3;1-5H,6-11H2;2*10H,3-9H2,1-2H3;9H,3-7H2,1-2H3;9H,3-8H2,1-2H3;2-9H2,1H3;8H,3-7H2,1-2H3;2-8H2,1H3. The van der Waals surface area contributed by atoms with Crippen molar-refractivity contribution in [3.63, 3.8) is 0 Å². The van der Waals surface area contributed by atoms with E-state index in [1.165, 1.54) is 62.7 Å². The Morgan fingerprint density at radius 2 is 0.761 bits per heavy atom. The third-order valence-electron chi connectivity index (χ3n) is 27.0. The number of ether oxygens (including phenoxy) is 4. The maximum Gasteiger partial charge on any atom is 0.501 e. The molecular weight excluding hydrogens is 1880 g/mol. The summed E-state index contributed by atoms with van der Waals surface area (Å²) in [5.41, 5.74) is 0. The van der Waals surface area contributed by atoms with E-state index in [1.807, 2.05) is 31.3 Å². The monoisotopic (exact) mass is 2060 g/mol. The highest BCUT2D eigenvalue weighted by atomic mass is 28.4. The number of benzene rings is 1. The molecule has 776 valence electrons. The van der Waals surface area contributed by atoms with Gasteiger partial charge in [-0.1, -0.05) is 124 Å². The minimum absolute atomic E-state index is 0.121. The van der Waals surface area contributed by atoms with Gasteiger partial charge in [0.25, 0.3) is 0 Å². The summed E-state index contributed by atoms with van der Waals surface area (Å²) in [6.07, 6.45) is 14.9. The van der Waals surface area contributed by atoms with Crippen LogP contribution >= 0.6 is 0 Å². The molecule has 45 heteroatoms. The van der Waals surface area contributed by atoms with Crippen LogP contribution in [0.1, 0.15) is 127 Å². The number of nitrogens with zero attached hydrogens (tertiary/aromatic N) is 9. The molecule has 1 aromatic carbocycles. The van der Waals surface area contributed by atoms with Crippen LogP contribution in [0.15, 0.2) is 30.3 Å². The average molecular weight is 2060 g/mol. The largest absolute Gasteiger partial charge is 0.501 e. The number of Topliss-reactive ketones (excluding diaryl/α,β-unsaturated/α-hetero) is 1. The Morgan fingerprint density at radius 3 is 1.23 bits per heavy atom. The molecular formula is C89H177N9O27Si9. The van der Waals surface area contributed by atoms with Crippen molar-refractivity contribution in [2.75, 3.05) is 321 Å². The van der Waals surface area contributed by atoms with Crippen LogP contribution in [0.5, 0.6) is 0 Å². The fraction of sp³-hybridized carbons (Fsp3) is 0.921. The van der Waals surface area contributed by atoms with Gasteiger partial charge in [-0.3, -0.25) is 48.9 Å². The van der Waals surface area contributed by atoms with Crippen molar-refractivity contribution >= 4 is 89.0 Å². The van der Waals surface area contributed by atoms with Gasteiger partial charge in [0.05, 0.1) is 136 Å². The van der Waals surface area contributed by atoms with Crippen molar-refractivity contribution < 1.29 is 121 Å². The highest BCUT2D eigenvalue weighted by Gasteiger charge is 2.51. The van der Waals surface area contributed by atoms with E-state index in [9.17, 15) is 4.79 Å². The summed E-state index contributed by atoms with van der Waals surface area (Å²) in [5, 5.41) is 1.18. The van der Waals surface area contributed by atoms with Crippen LogP contribution in [0.25, 0.3) is 0 Å². The van der Waals surface area contributed by atoms with E-state index in [4.69, 9.17) is 116 Å². The highest BCUT2D eigenvalue weighted by molar-refractivity contribution is 6.81. The van der Waals surface area contributed by atoms with Gasteiger partial charge in [0, 0.05) is 229 Å². The Hall–Kier alpha value is -0.558. The molecule has 4 unspecified atom stereocenters. The van der Waals surface area contributed by atoms with E-state index in [0.717, 1.165) is 313 Å². The van der Waals surface area contributed by atoms with E-state index >= 15 is 0 Å². The fourth-order valence-electron chi connectivity index (χ4n) is 19.3. The number of ketones is 1. The molecule has 36 nitrogen and oxygen atoms in total. The van der Waals surface area contributed by atoms with Crippen molar-refractivity contribution in [1.29, 1.82) is 0 Å². The Kier molecular flexibility index (Phi) is 50.3. The zero-order valence-corrected chi connectivity index (χ0v) is 93.6. The van der Waals surface area contributed by atoms with Gasteiger partial charge in [-0.05, 0) is 82.0 Å². The number of unbranched alkanes of at least 4 members (excludes halogenated alkanes) is 5. The van der Waals surface area contributed by atoms with Gasteiger partial charge in [0.15, 0.2) is 0 Å². The van der Waals surface area contributed by atoms with Crippen LogP contribution < -0.4 is 5.19 Å². The van der Waals surface area contributed by atoms with Crippen LogP contribution in [0.4, 0.5) is 0 Å². The van der Waals surface area contributed by atoms with E-state index in [1.54, 1.807) is 6.92 Å². The molecule has 4 atom stereocenters. The molecule has 0 aliphatic carbocycles. The Balaban J connectivity index is 0.000000145. The third kappa shape index (κ3) is 38.4. The van der Waals surface area contributed by atoms with Crippen LogP contribution in [0, 0.1) is 5.92 Å². The summed E-state index contributed by atoms with van der Waals surface area (Å²) in [7, 11) is -19.4. The molecule has 1 aromatic rings. The Morgan fingerprint density at radius 1 is 0.373 bits per heavy atom. The highest BCUT2D eigenvalue weighted by Crippen LogP contribution is 2.31. The van der Waals surface area contributed by atoms with E-state index < -0.39 is 78.0 Å². The molecule has 18 bridgehead atoms. The van der Waals surface area contributed by atoms with E-state index in [2.05, 4.69) is 125 Å². The Labute approximate surface area is 814 Å². The molecule has 0 spiro atoms. The number of rotatable bonds is 16. The molecule has 0 saturated carbocycles. The molecule has 27 aliphatic heterocycles. The minimum Gasteiger partial charge on any atom is -0.393 e. The second kappa shape index (κ2) is 59.3. The van der Waals surface area contributed by atoms with Crippen molar-refractivity contribution in [3.8, 4) is 0 Å². The van der Waals surface area contributed by atoms with Gasteiger partial charge in [-0.25, -0.2) is 0 Å². The molecule has 0 N–H and O–H groups in total. The fourth-order valence-corrected chi connectivity index (χ4v) is 41.2. The van der Waals surface area contributed by atoms with E-state index in [0.29, 0.717) is 51.2 Å². The molecule has 0 radical (unpaired) electrons. The lowest BCUT2D eigenvalue weighted by molar-refractivity contribution is -0.127. The topological polar surface area (TPSA) is 286 Å². The molecule has 0 aromatic heterocycles. The third-order valence-corrected chi connectivity index (χ3v) is 53.4. The second-order valence-electron chi connectivity index (χ2n) is 38.6. The summed E-state index contributed by atoms with van der Waals surface area (Å²) >= 11 is 0. The van der Waals surface area contributed by atoms with Crippen LogP contribution in [-0.4, -0.2) is 474 Å². The lowest BCUT2D eigenvalue weighted by atomic mass is 10.1. The lowest BCUT2D eigenvalue weighted by Gasteiger charge is -2.41. The van der Waals surface area contributed by atoms with Gasteiger partial charge in [0.2, 0.25) is 0 Å². The number of carbonyl (C=O) groups is 1. The number of hydrogen-bond acceptors (Lipinski definition) is 36. The normalized spacial score (nSPS) is 39.4. The average Bonchev–Trinajstić information content (AvgIpc) is 0.796. The quantitative estimate of drug-likeness (QED) is 0.115. The summed E-state index contributed by atoms with van der Waals surface area (Å²) in [4.78, 5) is 32.0. The first-order valence-electron chi connectivity index (χ1n) is 51.5. The SMILES string of the molecule is CC(=O)C1CO[Si]2(C)OCCN1CCO2.CC(C)C[Si]12COCN(CCO1)CCO2.CC1CN2CCO[Si](C)(OCC2)O1.CCC1CN2CCO[Si](CC)(OCC2)O1.CCCCCCCC[Si]12COCN(CCO1)CCO2.CCC[Si]12COCN(CCO1)CCO2.CC[Si]12OCCN(CCO1)CC(C)O2.C[Si]12CCCN(CCO1)CCO2.c1ccc([Si]23COCN(CCO2)CCO3)cc1. The maximum absolute atomic E-state index is 11.5. The molecule has 134 heavy (non-hydrogen) atoms. The number of carbonyl (C=O) groups excluding carboxylic acids is 1. The summed E-state index contributed by atoms with van der Waals surface area (Å²) in [6, 6.07) is 16.3. The summed E-state index contributed by atoms with van der Waals surface area (Å²) in [6.45, 7) is 66.4. The summed E-state index contributed by atoms with van der Waals surface area (Å²) < 4.78 is 152. The van der Waals surface area contributed by atoms with Gasteiger partial charge in [-0.15, -0.1) is 0 Å². The molecule has 27 fully saturated rings. The zero-order valence-electron chi connectivity index (χ0n) is 84.6. The van der Waals surface area contributed by atoms with Gasteiger partial charge in [-0.2, -0.15) is 0 Å². The van der Waals surface area contributed by atoms with Gasteiger partial charge >= 0.3 is 78.0 Å². The Bertz CT molecular complexity index is 3210. The predicted molar refractivity (Wildman–Crippen MR) is 529 cm³/mol. The first kappa shape index (κ1) is 114. The molecule has 28 rings (SSSR count). The lowest BCUT2D eigenvalue weighted by Crippen LogP contribution is -2.62. The number of hydrogen-bond donors (Lipinski definition) is 0. The van der Waals surface area contributed by atoms with Crippen LogP contribution in [0.2, 0.25) is 55.9 Å². The molecule has 0 amide bonds. The smallest absolute Gasteiger partial charge is 0.393 e. The molecule has 27 saturated heterocycles. The second-order valence-corrected chi connectivity index (χ2v) is 65.3. The summed E-state index contributed by atoms with van der Waals surface area (Å²) in [5.74, 6) is 0.783. The predicted octanol–water partition coefficient (Wildman–Crippen LogP) is 7.39. The van der Waals surface area contributed by atoms with Gasteiger partial charge < -0.3 is 116 Å². The molecule has 27 heterocycles. The van der Waals surface area contributed by atoms with E-state index in [-0.39, 0.29) is 30.1 Å². The van der Waals surface area contributed by atoms with Crippen LogP contribution in [-0.2, 0) is 121 Å². The minimum atomic E-state index is -2.45. The maximum atomic E-state index is 11.5. The first-order chi connectivity index (χ1) is 64.9. The molecule has 27 aliphatic rings. The van der Waals surface area contributed by atoms with Gasteiger partial charge in [0.1, 0.15) is 5.78 Å². The number of fused-ring (bicyclic) bond motifs is 54.